The molecule has 3 rings (SSSR count). The molecule has 2 aromatic heterocycles. The molecule has 0 radical (unpaired) electrons. The molecular formula is C16H11Cl2N3OS. The van der Waals surface area contributed by atoms with E-state index in [9.17, 15) is 4.79 Å². The summed E-state index contributed by atoms with van der Waals surface area (Å²) < 4.78 is 0. The second kappa shape index (κ2) is 7.08. The molecule has 4 nitrogen and oxygen atoms in total. The highest BCUT2D eigenvalue weighted by Gasteiger charge is 2.11. The van der Waals surface area contributed by atoms with Gasteiger partial charge in [-0.25, -0.2) is 4.98 Å². The lowest BCUT2D eigenvalue weighted by atomic mass is 10.2. The average Bonchev–Trinajstić information content (AvgIpc) is 3.02. The molecule has 0 saturated heterocycles. The van der Waals surface area contributed by atoms with Crippen LogP contribution >= 0.6 is 34.5 Å². The molecule has 0 aliphatic carbocycles. The molecule has 23 heavy (non-hydrogen) atoms. The summed E-state index contributed by atoms with van der Waals surface area (Å²) in [5.41, 5.74) is 2.25. The molecule has 0 unspecified atom stereocenters. The molecule has 0 aliphatic rings. The van der Waals surface area contributed by atoms with Crippen LogP contribution in [0.15, 0.2) is 48.1 Å². The minimum absolute atomic E-state index is 0.257. The molecule has 7 heteroatoms. The van der Waals surface area contributed by atoms with Crippen molar-refractivity contribution in [3.8, 4) is 11.3 Å². The molecule has 0 saturated carbocycles. The van der Waals surface area contributed by atoms with E-state index in [1.807, 2.05) is 17.5 Å². The number of hydrogen-bond donors (Lipinski definition) is 1. The summed E-state index contributed by atoms with van der Waals surface area (Å²) in [6.07, 6.45) is 3.44. The van der Waals surface area contributed by atoms with Gasteiger partial charge in [-0.3, -0.25) is 9.78 Å². The Balaban J connectivity index is 1.67. The van der Waals surface area contributed by atoms with Crippen molar-refractivity contribution in [1.29, 1.82) is 0 Å². The van der Waals surface area contributed by atoms with Crippen LogP contribution in [-0.4, -0.2) is 15.9 Å². The summed E-state index contributed by atoms with van der Waals surface area (Å²) in [4.78, 5) is 20.6. The van der Waals surface area contributed by atoms with Crippen LogP contribution < -0.4 is 5.32 Å². The first kappa shape index (κ1) is 15.9. The van der Waals surface area contributed by atoms with Crippen LogP contribution in [0.25, 0.3) is 11.3 Å². The summed E-state index contributed by atoms with van der Waals surface area (Å²) >= 11 is 13.3. The van der Waals surface area contributed by atoms with Crippen LogP contribution in [0.5, 0.6) is 0 Å². The van der Waals surface area contributed by atoms with Crippen LogP contribution in [-0.2, 0) is 6.54 Å². The van der Waals surface area contributed by atoms with Gasteiger partial charge in [-0.05, 0) is 30.3 Å². The largest absolute Gasteiger partial charge is 0.345 e. The number of carbonyl (C=O) groups excluding carboxylic acids is 1. The highest BCUT2D eigenvalue weighted by atomic mass is 35.5. The Morgan fingerprint density at radius 1 is 1.17 bits per heavy atom. The fourth-order valence-electron chi connectivity index (χ4n) is 1.97. The second-order valence-electron chi connectivity index (χ2n) is 4.67. The van der Waals surface area contributed by atoms with E-state index in [2.05, 4.69) is 15.3 Å². The first-order chi connectivity index (χ1) is 11.1. The van der Waals surface area contributed by atoms with Gasteiger partial charge in [0.1, 0.15) is 5.01 Å². The predicted molar refractivity (Wildman–Crippen MR) is 93.0 cm³/mol. The SMILES string of the molecule is O=C(NCc1nc(-c2ccncc2)cs1)c1ccc(Cl)cc1Cl. The lowest BCUT2D eigenvalue weighted by Crippen LogP contribution is -2.23. The zero-order chi connectivity index (χ0) is 16.2. The third kappa shape index (κ3) is 3.88. The van der Waals surface area contributed by atoms with E-state index in [4.69, 9.17) is 23.2 Å². The third-order valence-electron chi connectivity index (χ3n) is 3.10. The molecule has 1 N–H and O–H groups in total. The molecule has 116 valence electrons. The normalized spacial score (nSPS) is 10.5. The van der Waals surface area contributed by atoms with Crippen molar-refractivity contribution in [2.24, 2.45) is 0 Å². The molecule has 0 fully saturated rings. The monoisotopic (exact) mass is 363 g/mol. The van der Waals surface area contributed by atoms with E-state index < -0.39 is 0 Å². The Labute approximate surface area is 147 Å². The van der Waals surface area contributed by atoms with Gasteiger partial charge in [0.05, 0.1) is 22.8 Å². The molecular weight excluding hydrogens is 353 g/mol. The van der Waals surface area contributed by atoms with Crippen LogP contribution in [0.1, 0.15) is 15.4 Å². The van der Waals surface area contributed by atoms with Crippen molar-refractivity contribution in [1.82, 2.24) is 15.3 Å². The molecule has 0 aliphatic heterocycles. The lowest BCUT2D eigenvalue weighted by molar-refractivity contribution is 0.0951. The molecule has 1 aromatic carbocycles. The standard InChI is InChI=1S/C16H11Cl2N3OS/c17-11-1-2-12(13(18)7-11)16(22)20-8-15-21-14(9-23-15)10-3-5-19-6-4-10/h1-7,9H,8H2,(H,20,22). The number of thiazole rings is 1. The number of aromatic nitrogens is 2. The number of amides is 1. The third-order valence-corrected chi connectivity index (χ3v) is 4.50. The van der Waals surface area contributed by atoms with Gasteiger partial charge in [0.15, 0.2) is 0 Å². The zero-order valence-electron chi connectivity index (χ0n) is 11.8. The Hall–Kier alpha value is -1.95. The number of hydrogen-bond acceptors (Lipinski definition) is 4. The maximum absolute atomic E-state index is 12.2. The van der Waals surface area contributed by atoms with Crippen molar-refractivity contribution in [3.05, 3.63) is 68.7 Å². The quantitative estimate of drug-likeness (QED) is 0.745. The summed E-state index contributed by atoms with van der Waals surface area (Å²) in [5.74, 6) is -0.257. The summed E-state index contributed by atoms with van der Waals surface area (Å²) in [5, 5.41) is 6.39. The van der Waals surface area contributed by atoms with Crippen molar-refractivity contribution in [2.45, 2.75) is 6.54 Å². The van der Waals surface area contributed by atoms with E-state index >= 15 is 0 Å². The topological polar surface area (TPSA) is 54.9 Å². The van der Waals surface area contributed by atoms with Crippen molar-refractivity contribution >= 4 is 40.4 Å². The maximum Gasteiger partial charge on any atom is 0.253 e. The highest BCUT2D eigenvalue weighted by Crippen LogP contribution is 2.22. The summed E-state index contributed by atoms with van der Waals surface area (Å²) in [7, 11) is 0. The molecule has 0 spiro atoms. The number of halogens is 2. The lowest BCUT2D eigenvalue weighted by Gasteiger charge is -2.05. The fraction of sp³-hybridized carbons (Fsp3) is 0.0625. The number of pyridine rings is 1. The Morgan fingerprint density at radius 3 is 2.70 bits per heavy atom. The molecule has 1 amide bonds. The minimum atomic E-state index is -0.257. The first-order valence-corrected chi connectivity index (χ1v) is 8.35. The van der Waals surface area contributed by atoms with Gasteiger partial charge in [0, 0.05) is 28.4 Å². The molecule has 3 aromatic rings. The summed E-state index contributed by atoms with van der Waals surface area (Å²) in [6, 6.07) is 8.57. The Morgan fingerprint density at radius 2 is 1.96 bits per heavy atom. The van der Waals surface area contributed by atoms with Crippen molar-refractivity contribution < 1.29 is 4.79 Å². The number of carbonyl (C=O) groups is 1. The van der Waals surface area contributed by atoms with Crippen LogP contribution in [0.4, 0.5) is 0 Å². The molecule has 0 atom stereocenters. The van der Waals surface area contributed by atoms with E-state index in [0.29, 0.717) is 22.2 Å². The van der Waals surface area contributed by atoms with E-state index in [0.717, 1.165) is 16.3 Å². The van der Waals surface area contributed by atoms with Crippen molar-refractivity contribution in [3.63, 3.8) is 0 Å². The number of rotatable bonds is 4. The van der Waals surface area contributed by atoms with Crippen LogP contribution in [0.2, 0.25) is 10.0 Å². The minimum Gasteiger partial charge on any atom is -0.345 e. The molecule has 2 heterocycles. The predicted octanol–water partition coefficient (Wildman–Crippen LogP) is 4.44. The Bertz CT molecular complexity index is 836. The first-order valence-electron chi connectivity index (χ1n) is 6.71. The second-order valence-corrected chi connectivity index (χ2v) is 6.46. The number of benzene rings is 1. The van der Waals surface area contributed by atoms with Gasteiger partial charge in [-0.2, -0.15) is 0 Å². The van der Waals surface area contributed by atoms with Gasteiger partial charge >= 0.3 is 0 Å². The van der Waals surface area contributed by atoms with Gasteiger partial charge in [-0.1, -0.05) is 23.2 Å². The van der Waals surface area contributed by atoms with Gasteiger partial charge in [-0.15, -0.1) is 11.3 Å². The average molecular weight is 364 g/mol. The fourth-order valence-corrected chi connectivity index (χ4v) is 3.21. The van der Waals surface area contributed by atoms with E-state index in [1.54, 1.807) is 30.6 Å². The van der Waals surface area contributed by atoms with Gasteiger partial charge in [0.25, 0.3) is 5.91 Å². The number of nitrogens with one attached hydrogen (secondary N) is 1. The van der Waals surface area contributed by atoms with E-state index in [1.165, 1.54) is 11.3 Å². The van der Waals surface area contributed by atoms with Crippen molar-refractivity contribution in [2.75, 3.05) is 0 Å². The van der Waals surface area contributed by atoms with Gasteiger partial charge < -0.3 is 5.32 Å². The zero-order valence-corrected chi connectivity index (χ0v) is 14.1. The van der Waals surface area contributed by atoms with E-state index in [-0.39, 0.29) is 5.91 Å². The van der Waals surface area contributed by atoms with Crippen LogP contribution in [0, 0.1) is 0 Å². The Kier molecular flexibility index (Phi) is 4.91. The van der Waals surface area contributed by atoms with Gasteiger partial charge in [0.2, 0.25) is 0 Å². The smallest absolute Gasteiger partial charge is 0.253 e. The number of nitrogens with zero attached hydrogens (tertiary/aromatic N) is 2. The summed E-state index contributed by atoms with van der Waals surface area (Å²) in [6.45, 7) is 0.341. The van der Waals surface area contributed by atoms with Crippen LogP contribution in [0.3, 0.4) is 0 Å². The highest BCUT2D eigenvalue weighted by molar-refractivity contribution is 7.09. The maximum atomic E-state index is 12.2. The molecule has 0 bridgehead atoms.